The van der Waals surface area contributed by atoms with Gasteiger partial charge in [0, 0.05) is 0 Å². The van der Waals surface area contributed by atoms with Crippen LogP contribution in [0.25, 0.3) is 0 Å². The summed E-state index contributed by atoms with van der Waals surface area (Å²) < 4.78 is 29.2. The molecule has 2 atom stereocenters. The molecule has 2 bridgehead atoms. The molecule has 0 heterocycles. The van der Waals surface area contributed by atoms with Crippen LogP contribution in [-0.2, 0) is 14.3 Å². The Balaban J connectivity index is 1.49. The summed E-state index contributed by atoms with van der Waals surface area (Å²) in [5.41, 5.74) is 2.48. The molecule has 1 aromatic carbocycles. The van der Waals surface area contributed by atoms with Gasteiger partial charge >= 0.3 is 0 Å². The van der Waals surface area contributed by atoms with Gasteiger partial charge in [0.2, 0.25) is 0 Å². The van der Waals surface area contributed by atoms with Crippen molar-refractivity contribution in [2.45, 2.75) is 31.1 Å². The first-order valence-electron chi connectivity index (χ1n) is 7.39. The van der Waals surface area contributed by atoms with E-state index >= 15 is 0 Å². The third kappa shape index (κ3) is 3.27. The zero-order valence-corrected chi connectivity index (χ0v) is 13.0. The van der Waals surface area contributed by atoms with E-state index < -0.39 is 10.1 Å². The van der Waals surface area contributed by atoms with Gasteiger partial charge in [-0.05, 0) is 50.2 Å². The second kappa shape index (κ2) is 5.78. The first kappa shape index (κ1) is 14.5. The molecule has 0 saturated heterocycles. The van der Waals surface area contributed by atoms with Gasteiger partial charge in [0.1, 0.15) is 0 Å². The van der Waals surface area contributed by atoms with E-state index in [4.69, 9.17) is 4.18 Å². The summed E-state index contributed by atoms with van der Waals surface area (Å²) in [7, 11) is -3.62. The fourth-order valence-electron chi connectivity index (χ4n) is 3.01. The number of hydrogen-bond donors (Lipinski definition) is 0. The Hall–Kier alpha value is -1.39. The van der Waals surface area contributed by atoms with Gasteiger partial charge in [0.15, 0.2) is 0 Å². The largest absolute Gasteiger partial charge is 0.296 e. The van der Waals surface area contributed by atoms with Crippen molar-refractivity contribution >= 4 is 10.1 Å². The summed E-state index contributed by atoms with van der Waals surface area (Å²) >= 11 is 0. The summed E-state index contributed by atoms with van der Waals surface area (Å²) in [5, 5.41) is 0. The molecule has 2 aliphatic carbocycles. The molecule has 0 fully saturated rings. The van der Waals surface area contributed by atoms with Crippen molar-refractivity contribution in [1.82, 2.24) is 0 Å². The van der Waals surface area contributed by atoms with Gasteiger partial charge < -0.3 is 0 Å². The molecule has 3 nitrogen and oxygen atoms in total. The zero-order chi connectivity index (χ0) is 14.9. The molecule has 0 amide bonds. The second-order valence-corrected chi connectivity index (χ2v) is 7.44. The maximum Gasteiger partial charge on any atom is 0.296 e. The molecule has 0 unspecified atom stereocenters. The standard InChI is InChI=1S/C17H20O3S/c1-13-4-8-17(9-5-13)21(18,19)20-10-2-3-15-11-14-6-7-16(15)12-14/h4-9,11,14,16H,2-3,10,12H2,1H3/t14-,16-/m1/s1. The summed E-state index contributed by atoms with van der Waals surface area (Å²) in [6, 6.07) is 6.74. The fourth-order valence-corrected chi connectivity index (χ4v) is 3.95. The van der Waals surface area contributed by atoms with Crippen LogP contribution in [-0.4, -0.2) is 15.0 Å². The van der Waals surface area contributed by atoms with E-state index in [-0.39, 0.29) is 11.5 Å². The van der Waals surface area contributed by atoms with E-state index in [1.54, 1.807) is 24.3 Å². The van der Waals surface area contributed by atoms with Gasteiger partial charge in [-0.2, -0.15) is 8.42 Å². The Labute approximate surface area is 126 Å². The van der Waals surface area contributed by atoms with E-state index in [2.05, 4.69) is 18.2 Å². The molecule has 2 aliphatic rings. The van der Waals surface area contributed by atoms with Crippen molar-refractivity contribution in [1.29, 1.82) is 0 Å². The van der Waals surface area contributed by atoms with Crippen LogP contribution in [0.2, 0.25) is 0 Å². The van der Waals surface area contributed by atoms with Crippen molar-refractivity contribution in [2.24, 2.45) is 11.8 Å². The Morgan fingerprint density at radius 3 is 2.57 bits per heavy atom. The van der Waals surface area contributed by atoms with Crippen molar-refractivity contribution < 1.29 is 12.6 Å². The maximum absolute atomic E-state index is 12.0. The van der Waals surface area contributed by atoms with Gasteiger partial charge in [0.25, 0.3) is 10.1 Å². The van der Waals surface area contributed by atoms with Crippen LogP contribution >= 0.6 is 0 Å². The Morgan fingerprint density at radius 2 is 1.95 bits per heavy atom. The lowest BCUT2D eigenvalue weighted by Crippen LogP contribution is -2.08. The lowest BCUT2D eigenvalue weighted by molar-refractivity contribution is 0.311. The van der Waals surface area contributed by atoms with Crippen molar-refractivity contribution in [3.05, 3.63) is 53.6 Å². The molecule has 0 saturated carbocycles. The number of aryl methyl sites for hydroxylation is 1. The topological polar surface area (TPSA) is 43.4 Å². The van der Waals surface area contributed by atoms with Crippen LogP contribution in [0, 0.1) is 18.8 Å². The highest BCUT2D eigenvalue weighted by Crippen LogP contribution is 2.40. The molecule has 1 aromatic rings. The molecule has 0 spiro atoms. The van der Waals surface area contributed by atoms with Crippen LogP contribution in [0.4, 0.5) is 0 Å². The summed E-state index contributed by atoms with van der Waals surface area (Å²) in [6.07, 6.45) is 9.72. The highest BCUT2D eigenvalue weighted by molar-refractivity contribution is 7.86. The average Bonchev–Trinajstić information content (AvgIpc) is 3.06. The zero-order valence-electron chi connectivity index (χ0n) is 12.2. The van der Waals surface area contributed by atoms with Crippen LogP contribution in [0.1, 0.15) is 24.8 Å². The smallest absolute Gasteiger partial charge is 0.266 e. The monoisotopic (exact) mass is 304 g/mol. The Kier molecular flexibility index (Phi) is 4.00. The number of rotatable bonds is 6. The molecule has 112 valence electrons. The summed E-state index contributed by atoms with van der Waals surface area (Å²) in [6.45, 7) is 2.17. The number of allylic oxidation sites excluding steroid dienone is 4. The predicted molar refractivity (Wildman–Crippen MR) is 82.4 cm³/mol. The van der Waals surface area contributed by atoms with E-state index in [1.807, 2.05) is 6.92 Å². The first-order chi connectivity index (χ1) is 10.0. The van der Waals surface area contributed by atoms with Gasteiger partial charge in [-0.3, -0.25) is 4.18 Å². The van der Waals surface area contributed by atoms with E-state index in [9.17, 15) is 8.42 Å². The molecule has 0 aromatic heterocycles. The van der Waals surface area contributed by atoms with Crippen molar-refractivity contribution in [2.75, 3.05) is 6.61 Å². The van der Waals surface area contributed by atoms with Crippen LogP contribution in [0.5, 0.6) is 0 Å². The van der Waals surface area contributed by atoms with Crippen molar-refractivity contribution in [3.8, 4) is 0 Å². The lowest BCUT2D eigenvalue weighted by Gasteiger charge is -2.10. The van der Waals surface area contributed by atoms with E-state index in [0.717, 1.165) is 18.4 Å². The summed E-state index contributed by atoms with van der Waals surface area (Å²) in [5.74, 6) is 1.20. The van der Waals surface area contributed by atoms with Gasteiger partial charge in [-0.15, -0.1) is 0 Å². The minimum atomic E-state index is -3.62. The first-order valence-corrected chi connectivity index (χ1v) is 8.80. The quantitative estimate of drug-likeness (QED) is 0.458. The molecule has 3 rings (SSSR count). The Morgan fingerprint density at radius 1 is 1.19 bits per heavy atom. The van der Waals surface area contributed by atoms with Crippen LogP contribution in [0.15, 0.2) is 53.0 Å². The number of hydrogen-bond acceptors (Lipinski definition) is 3. The van der Waals surface area contributed by atoms with Crippen LogP contribution < -0.4 is 0 Å². The molecular formula is C17H20O3S. The van der Waals surface area contributed by atoms with Gasteiger partial charge in [0.05, 0.1) is 11.5 Å². The Bertz CT molecular complexity index is 668. The molecular weight excluding hydrogens is 284 g/mol. The second-order valence-electron chi connectivity index (χ2n) is 5.83. The molecule has 4 heteroatoms. The summed E-state index contributed by atoms with van der Waals surface area (Å²) in [4.78, 5) is 0.232. The average molecular weight is 304 g/mol. The van der Waals surface area contributed by atoms with Gasteiger partial charge in [-0.25, -0.2) is 0 Å². The van der Waals surface area contributed by atoms with Crippen molar-refractivity contribution in [3.63, 3.8) is 0 Å². The molecule has 21 heavy (non-hydrogen) atoms. The van der Waals surface area contributed by atoms with E-state index in [0.29, 0.717) is 11.8 Å². The van der Waals surface area contributed by atoms with Gasteiger partial charge in [-0.1, -0.05) is 41.5 Å². The SMILES string of the molecule is Cc1ccc(S(=O)(=O)OCCCC2=C[C@H]3C=C[C@@H]2C3)cc1. The molecule has 0 radical (unpaired) electrons. The maximum atomic E-state index is 12.0. The molecule has 0 N–H and O–H groups in total. The third-order valence-electron chi connectivity index (χ3n) is 4.18. The number of fused-ring (bicyclic) bond motifs is 2. The minimum Gasteiger partial charge on any atom is -0.266 e. The molecule has 0 aliphatic heterocycles. The normalized spacial score (nSPS) is 23.6. The highest BCUT2D eigenvalue weighted by atomic mass is 32.2. The third-order valence-corrected chi connectivity index (χ3v) is 5.51. The van der Waals surface area contributed by atoms with E-state index in [1.165, 1.54) is 12.0 Å². The van der Waals surface area contributed by atoms with Crippen LogP contribution in [0.3, 0.4) is 0 Å². The predicted octanol–water partition coefficient (Wildman–Crippen LogP) is 3.61. The minimum absolute atomic E-state index is 0.232. The fraction of sp³-hybridized carbons (Fsp3) is 0.412. The lowest BCUT2D eigenvalue weighted by atomic mass is 9.99. The number of benzene rings is 1. The highest BCUT2D eigenvalue weighted by Gasteiger charge is 2.27.